The van der Waals surface area contributed by atoms with Gasteiger partial charge in [-0.25, -0.2) is 4.79 Å². The van der Waals surface area contributed by atoms with E-state index in [1.54, 1.807) is 12.1 Å². The van der Waals surface area contributed by atoms with E-state index in [-0.39, 0.29) is 17.4 Å². The maximum absolute atomic E-state index is 12.6. The van der Waals surface area contributed by atoms with E-state index in [1.807, 2.05) is 19.1 Å². The molecule has 0 saturated carbocycles. The summed E-state index contributed by atoms with van der Waals surface area (Å²) in [5, 5.41) is 10.6. The highest BCUT2D eigenvalue weighted by atomic mass is 16.5. The number of hydrogen-bond acceptors (Lipinski definition) is 9. The molecule has 0 atom stereocenters. The van der Waals surface area contributed by atoms with E-state index < -0.39 is 17.2 Å². The molecule has 12 nitrogen and oxygen atoms in total. The molecule has 3 heterocycles. The summed E-state index contributed by atoms with van der Waals surface area (Å²) in [4.78, 5) is 46.2. The average molecular weight is 454 g/mol. The Balaban J connectivity index is 1.50. The summed E-state index contributed by atoms with van der Waals surface area (Å²) in [6.07, 6.45) is 0. The number of carbonyl (C=O) groups excluding carboxylic acids is 1. The van der Waals surface area contributed by atoms with Crippen molar-refractivity contribution in [2.24, 2.45) is 7.05 Å². The number of nitrogens with one attached hydrogen (secondary N) is 1. The van der Waals surface area contributed by atoms with Gasteiger partial charge in [0.15, 0.2) is 5.69 Å². The third kappa shape index (κ3) is 4.91. The van der Waals surface area contributed by atoms with Crippen molar-refractivity contribution in [3.63, 3.8) is 0 Å². The Kier molecular flexibility index (Phi) is 6.47. The van der Waals surface area contributed by atoms with Gasteiger partial charge in [-0.2, -0.15) is 14.8 Å². The SMILES string of the molecule is Cc1ccc(-n2nc(-c3noc(C(=O)NCCN4CCN(C)CC4)n3)c(=O)n(C)c2=O)cc1. The van der Waals surface area contributed by atoms with Crippen LogP contribution in [0.3, 0.4) is 0 Å². The molecule has 3 aromatic rings. The zero-order valence-corrected chi connectivity index (χ0v) is 18.8. The molecule has 4 rings (SSSR count). The quantitative estimate of drug-likeness (QED) is 0.512. The first-order chi connectivity index (χ1) is 15.8. The molecular weight excluding hydrogens is 428 g/mol. The Morgan fingerprint density at radius 3 is 2.48 bits per heavy atom. The zero-order valence-electron chi connectivity index (χ0n) is 18.8. The fraction of sp³-hybridized carbons (Fsp3) is 0.429. The summed E-state index contributed by atoms with van der Waals surface area (Å²) < 4.78 is 7.05. The lowest BCUT2D eigenvalue weighted by atomic mass is 10.2. The Labute approximate surface area is 189 Å². The molecule has 0 radical (unpaired) electrons. The van der Waals surface area contributed by atoms with Gasteiger partial charge in [0.1, 0.15) is 0 Å². The van der Waals surface area contributed by atoms with Gasteiger partial charge in [0.25, 0.3) is 5.56 Å². The Morgan fingerprint density at radius 2 is 1.79 bits per heavy atom. The molecular formula is C21H26N8O4. The highest BCUT2D eigenvalue weighted by Gasteiger charge is 2.22. The molecule has 1 aliphatic heterocycles. The molecule has 0 bridgehead atoms. The second-order valence-corrected chi connectivity index (χ2v) is 8.07. The van der Waals surface area contributed by atoms with E-state index in [1.165, 1.54) is 7.05 Å². The molecule has 0 spiro atoms. The topological polar surface area (TPSA) is 131 Å². The van der Waals surface area contributed by atoms with Crippen molar-refractivity contribution >= 4 is 5.91 Å². The number of piperazine rings is 1. The van der Waals surface area contributed by atoms with E-state index in [9.17, 15) is 14.4 Å². The van der Waals surface area contributed by atoms with E-state index >= 15 is 0 Å². The van der Waals surface area contributed by atoms with Gasteiger partial charge in [0.05, 0.1) is 5.69 Å². The number of amides is 1. The number of aromatic nitrogens is 5. The fourth-order valence-electron chi connectivity index (χ4n) is 3.45. The smallest absolute Gasteiger partial charge is 0.347 e. The van der Waals surface area contributed by atoms with E-state index in [0.717, 1.165) is 41.0 Å². The molecule has 1 saturated heterocycles. The summed E-state index contributed by atoms with van der Waals surface area (Å²) in [6.45, 7) is 6.94. The molecule has 2 aromatic heterocycles. The van der Waals surface area contributed by atoms with Gasteiger partial charge in [-0.3, -0.25) is 19.1 Å². The Morgan fingerprint density at radius 1 is 1.09 bits per heavy atom. The molecule has 1 aromatic carbocycles. The third-order valence-electron chi connectivity index (χ3n) is 5.60. The summed E-state index contributed by atoms with van der Waals surface area (Å²) in [5.41, 5.74) is -0.00632. The first kappa shape index (κ1) is 22.6. The predicted molar refractivity (Wildman–Crippen MR) is 119 cm³/mol. The van der Waals surface area contributed by atoms with E-state index in [2.05, 4.69) is 37.4 Å². The largest absolute Gasteiger partial charge is 0.351 e. The van der Waals surface area contributed by atoms with Crippen LogP contribution >= 0.6 is 0 Å². The van der Waals surface area contributed by atoms with Gasteiger partial charge in [-0.1, -0.05) is 22.9 Å². The van der Waals surface area contributed by atoms with Crippen LogP contribution in [0.1, 0.15) is 16.2 Å². The third-order valence-corrected chi connectivity index (χ3v) is 5.60. The lowest BCUT2D eigenvalue weighted by Gasteiger charge is -2.32. The van der Waals surface area contributed by atoms with Gasteiger partial charge in [-0.15, -0.1) is 0 Å². The molecule has 1 fully saturated rings. The highest BCUT2D eigenvalue weighted by Crippen LogP contribution is 2.10. The van der Waals surface area contributed by atoms with Crippen LogP contribution in [0.5, 0.6) is 0 Å². The van der Waals surface area contributed by atoms with E-state index in [0.29, 0.717) is 18.8 Å². The van der Waals surface area contributed by atoms with Crippen molar-refractivity contribution in [2.45, 2.75) is 6.92 Å². The Bertz CT molecular complexity index is 1250. The van der Waals surface area contributed by atoms with Crippen LogP contribution in [0.15, 0.2) is 38.4 Å². The number of aryl methyl sites for hydroxylation is 1. The Hall–Kier alpha value is -3.64. The van der Waals surface area contributed by atoms with Crippen molar-refractivity contribution in [3.05, 3.63) is 56.6 Å². The zero-order chi connectivity index (χ0) is 23.5. The number of rotatable bonds is 6. The summed E-state index contributed by atoms with van der Waals surface area (Å²) in [5.74, 6) is -0.979. The minimum absolute atomic E-state index is 0.166. The maximum Gasteiger partial charge on any atom is 0.351 e. The predicted octanol–water partition coefficient (Wildman–Crippen LogP) is -0.733. The van der Waals surface area contributed by atoms with Crippen molar-refractivity contribution in [2.75, 3.05) is 46.3 Å². The van der Waals surface area contributed by atoms with Crippen LogP contribution in [0, 0.1) is 6.92 Å². The fourth-order valence-corrected chi connectivity index (χ4v) is 3.45. The molecule has 0 unspecified atom stereocenters. The number of likely N-dealkylation sites (N-methyl/N-ethyl adjacent to an activating group) is 1. The number of nitrogens with zero attached hydrogens (tertiary/aromatic N) is 7. The summed E-state index contributed by atoms with van der Waals surface area (Å²) in [7, 11) is 3.42. The van der Waals surface area contributed by atoms with Crippen molar-refractivity contribution in [1.82, 2.24) is 39.6 Å². The number of hydrogen-bond donors (Lipinski definition) is 1. The maximum atomic E-state index is 12.6. The van der Waals surface area contributed by atoms with E-state index in [4.69, 9.17) is 4.52 Å². The average Bonchev–Trinajstić information content (AvgIpc) is 3.30. The normalized spacial score (nSPS) is 15.0. The first-order valence-electron chi connectivity index (χ1n) is 10.6. The molecule has 0 aliphatic carbocycles. The summed E-state index contributed by atoms with van der Waals surface area (Å²) >= 11 is 0. The van der Waals surface area contributed by atoms with Gasteiger partial charge in [0.2, 0.25) is 5.82 Å². The first-order valence-corrected chi connectivity index (χ1v) is 10.6. The van der Waals surface area contributed by atoms with Crippen LogP contribution in [-0.2, 0) is 7.05 Å². The van der Waals surface area contributed by atoms with Crippen molar-refractivity contribution in [1.29, 1.82) is 0 Å². The molecule has 12 heteroatoms. The van der Waals surface area contributed by atoms with Crippen LogP contribution in [0.2, 0.25) is 0 Å². The van der Waals surface area contributed by atoms with Gasteiger partial charge in [-0.05, 0) is 26.1 Å². The van der Waals surface area contributed by atoms with Gasteiger partial charge >= 0.3 is 17.5 Å². The van der Waals surface area contributed by atoms with Crippen molar-refractivity contribution in [3.8, 4) is 17.2 Å². The minimum Gasteiger partial charge on any atom is -0.347 e. The van der Waals surface area contributed by atoms with Crippen LogP contribution < -0.4 is 16.6 Å². The monoisotopic (exact) mass is 454 g/mol. The number of benzene rings is 1. The second kappa shape index (κ2) is 9.46. The lowest BCUT2D eigenvalue weighted by molar-refractivity contribution is 0.0897. The lowest BCUT2D eigenvalue weighted by Crippen LogP contribution is -2.46. The van der Waals surface area contributed by atoms with Gasteiger partial charge in [0, 0.05) is 46.3 Å². The molecule has 33 heavy (non-hydrogen) atoms. The number of carbonyl (C=O) groups is 1. The molecule has 174 valence electrons. The van der Waals surface area contributed by atoms with Crippen LogP contribution in [0.4, 0.5) is 0 Å². The van der Waals surface area contributed by atoms with Crippen molar-refractivity contribution < 1.29 is 9.32 Å². The van der Waals surface area contributed by atoms with Crippen LogP contribution in [-0.4, -0.2) is 86.5 Å². The molecule has 1 N–H and O–H groups in total. The molecule has 1 aliphatic rings. The molecule has 1 amide bonds. The second-order valence-electron chi connectivity index (χ2n) is 8.07. The van der Waals surface area contributed by atoms with Gasteiger partial charge < -0.3 is 14.7 Å². The standard InChI is InChI=1S/C21H26N8O4/c1-14-4-6-15(7-5-14)29-21(32)27(3)20(31)16(24-29)17-23-19(33-25-17)18(30)22-8-9-28-12-10-26(2)11-13-28/h4-7H,8-13H2,1-3H3,(H,22,30). The highest BCUT2D eigenvalue weighted by molar-refractivity contribution is 5.89. The minimum atomic E-state index is -0.689. The van der Waals surface area contributed by atoms with Crippen LogP contribution in [0.25, 0.3) is 17.2 Å². The summed E-state index contributed by atoms with van der Waals surface area (Å²) in [6, 6.07) is 7.08.